The number of amides is 2. The molecule has 128 valence electrons. The second-order valence-electron chi connectivity index (χ2n) is 5.26. The van der Waals surface area contributed by atoms with Crippen molar-refractivity contribution in [3.8, 4) is 17.2 Å². The highest BCUT2D eigenvalue weighted by atomic mass is 16.5. The highest BCUT2D eigenvalue weighted by molar-refractivity contribution is 5.78. The van der Waals surface area contributed by atoms with E-state index in [4.69, 9.17) is 9.15 Å². The van der Waals surface area contributed by atoms with E-state index in [0.717, 1.165) is 11.3 Å². The minimum absolute atomic E-state index is 0.124. The number of methoxy groups -OCH3 is 1. The van der Waals surface area contributed by atoms with E-state index < -0.39 is 0 Å². The molecular weight excluding hydrogens is 310 g/mol. The molecule has 7 nitrogen and oxygen atoms in total. The van der Waals surface area contributed by atoms with Crippen LogP contribution >= 0.6 is 0 Å². The lowest BCUT2D eigenvalue weighted by Gasteiger charge is -2.04. The van der Waals surface area contributed by atoms with Crippen molar-refractivity contribution >= 4 is 11.8 Å². The number of ether oxygens (including phenoxy) is 1. The Labute approximate surface area is 140 Å². The minimum atomic E-state index is -0.168. The summed E-state index contributed by atoms with van der Waals surface area (Å²) in [6.45, 7) is 3.98. The van der Waals surface area contributed by atoms with E-state index in [9.17, 15) is 9.59 Å². The van der Waals surface area contributed by atoms with Gasteiger partial charge in [0, 0.05) is 25.6 Å². The molecule has 0 bridgehead atoms. The number of aromatic nitrogens is 1. The standard InChI is InChI=1S/C17H21N3O4/c1-11-15(10-16(22)19-9-8-18-12(2)21)20-17(24-11)13-4-6-14(23-3)7-5-13/h4-7H,8-10H2,1-3H3,(H,18,21)(H,19,22). The summed E-state index contributed by atoms with van der Waals surface area (Å²) in [5.74, 6) is 1.54. The summed E-state index contributed by atoms with van der Waals surface area (Å²) in [4.78, 5) is 27.1. The molecule has 1 aromatic carbocycles. The maximum absolute atomic E-state index is 11.9. The zero-order valence-electron chi connectivity index (χ0n) is 14.0. The normalized spacial score (nSPS) is 10.3. The SMILES string of the molecule is COc1ccc(-c2nc(CC(=O)NCCNC(C)=O)c(C)o2)cc1. The van der Waals surface area contributed by atoms with E-state index >= 15 is 0 Å². The first-order chi connectivity index (χ1) is 11.5. The van der Waals surface area contributed by atoms with Crippen LogP contribution in [0, 0.1) is 6.92 Å². The topological polar surface area (TPSA) is 93.5 Å². The van der Waals surface area contributed by atoms with Crippen LogP contribution in [0.1, 0.15) is 18.4 Å². The first-order valence-corrected chi connectivity index (χ1v) is 7.61. The number of hydrogen-bond donors (Lipinski definition) is 2. The number of oxazole rings is 1. The molecule has 1 heterocycles. The van der Waals surface area contributed by atoms with Crippen LogP contribution in [-0.4, -0.2) is 37.0 Å². The zero-order valence-corrected chi connectivity index (χ0v) is 14.0. The lowest BCUT2D eigenvalue weighted by molar-refractivity contribution is -0.121. The first kappa shape index (κ1) is 17.5. The van der Waals surface area contributed by atoms with Gasteiger partial charge >= 0.3 is 0 Å². The van der Waals surface area contributed by atoms with Gasteiger partial charge < -0.3 is 19.8 Å². The lowest BCUT2D eigenvalue weighted by Crippen LogP contribution is -2.34. The van der Waals surface area contributed by atoms with Gasteiger partial charge in [0.15, 0.2) is 0 Å². The number of aryl methyl sites for hydroxylation is 1. The molecule has 2 rings (SSSR count). The van der Waals surface area contributed by atoms with E-state index in [1.807, 2.05) is 24.3 Å². The molecule has 1 aromatic heterocycles. The molecule has 0 aliphatic carbocycles. The van der Waals surface area contributed by atoms with Crippen molar-refractivity contribution in [1.29, 1.82) is 0 Å². The third-order valence-corrected chi connectivity index (χ3v) is 3.38. The molecule has 0 fully saturated rings. The molecule has 0 radical (unpaired) electrons. The summed E-state index contributed by atoms with van der Waals surface area (Å²) in [6.07, 6.45) is 0.131. The average molecular weight is 331 g/mol. The molecule has 0 saturated heterocycles. The summed E-state index contributed by atoms with van der Waals surface area (Å²) in [5, 5.41) is 5.34. The highest BCUT2D eigenvalue weighted by Crippen LogP contribution is 2.24. The van der Waals surface area contributed by atoms with Crippen molar-refractivity contribution in [1.82, 2.24) is 15.6 Å². The fourth-order valence-corrected chi connectivity index (χ4v) is 2.10. The van der Waals surface area contributed by atoms with Crippen molar-refractivity contribution in [2.45, 2.75) is 20.3 Å². The van der Waals surface area contributed by atoms with Gasteiger partial charge in [-0.15, -0.1) is 0 Å². The monoisotopic (exact) mass is 331 g/mol. The number of benzene rings is 1. The molecule has 0 aliphatic rings. The summed E-state index contributed by atoms with van der Waals surface area (Å²) in [7, 11) is 1.60. The zero-order chi connectivity index (χ0) is 17.5. The minimum Gasteiger partial charge on any atom is -0.497 e. The molecule has 24 heavy (non-hydrogen) atoms. The van der Waals surface area contributed by atoms with Gasteiger partial charge in [0.25, 0.3) is 0 Å². The fraction of sp³-hybridized carbons (Fsp3) is 0.353. The lowest BCUT2D eigenvalue weighted by atomic mass is 10.2. The largest absolute Gasteiger partial charge is 0.497 e. The Bertz CT molecular complexity index is 707. The Hall–Kier alpha value is -2.83. The van der Waals surface area contributed by atoms with E-state index in [1.165, 1.54) is 6.92 Å². The number of hydrogen-bond acceptors (Lipinski definition) is 5. The van der Waals surface area contributed by atoms with Crippen LogP contribution in [0.5, 0.6) is 5.75 Å². The van der Waals surface area contributed by atoms with E-state index in [2.05, 4.69) is 15.6 Å². The van der Waals surface area contributed by atoms with Gasteiger partial charge in [-0.25, -0.2) is 4.98 Å². The molecule has 0 saturated carbocycles. The summed E-state index contributed by atoms with van der Waals surface area (Å²) in [6, 6.07) is 7.34. The van der Waals surface area contributed by atoms with Crippen molar-refractivity contribution in [2.75, 3.05) is 20.2 Å². The fourth-order valence-electron chi connectivity index (χ4n) is 2.10. The number of nitrogens with one attached hydrogen (secondary N) is 2. The van der Waals surface area contributed by atoms with Gasteiger partial charge in [-0.05, 0) is 31.2 Å². The van der Waals surface area contributed by atoms with E-state index in [-0.39, 0.29) is 18.2 Å². The Morgan fingerprint density at radius 3 is 2.46 bits per heavy atom. The molecule has 0 aliphatic heterocycles. The molecule has 0 spiro atoms. The van der Waals surface area contributed by atoms with Gasteiger partial charge in [-0.1, -0.05) is 0 Å². The first-order valence-electron chi connectivity index (χ1n) is 7.61. The molecule has 0 atom stereocenters. The summed E-state index contributed by atoms with van der Waals surface area (Å²) < 4.78 is 10.8. The van der Waals surface area contributed by atoms with E-state index in [0.29, 0.717) is 30.4 Å². The number of rotatable bonds is 7. The van der Waals surface area contributed by atoms with Gasteiger partial charge in [0.2, 0.25) is 17.7 Å². The number of carbonyl (C=O) groups excluding carboxylic acids is 2. The van der Waals surface area contributed by atoms with Gasteiger partial charge in [-0.2, -0.15) is 0 Å². The highest BCUT2D eigenvalue weighted by Gasteiger charge is 2.14. The predicted molar refractivity (Wildman–Crippen MR) is 88.6 cm³/mol. The molecule has 2 aromatic rings. The smallest absolute Gasteiger partial charge is 0.226 e. The summed E-state index contributed by atoms with van der Waals surface area (Å²) >= 11 is 0. The van der Waals surface area contributed by atoms with E-state index in [1.54, 1.807) is 14.0 Å². The van der Waals surface area contributed by atoms with Crippen molar-refractivity contribution in [2.24, 2.45) is 0 Å². The van der Waals surface area contributed by atoms with Gasteiger partial charge in [0.1, 0.15) is 11.5 Å². The molecule has 2 N–H and O–H groups in total. The Morgan fingerprint density at radius 2 is 1.83 bits per heavy atom. The molecule has 7 heteroatoms. The van der Waals surface area contributed by atoms with Crippen LogP contribution in [0.15, 0.2) is 28.7 Å². The summed E-state index contributed by atoms with van der Waals surface area (Å²) in [5.41, 5.74) is 1.41. The second kappa shape index (κ2) is 8.14. The quantitative estimate of drug-likeness (QED) is 0.749. The third kappa shape index (κ3) is 4.84. The van der Waals surface area contributed by atoms with Crippen LogP contribution in [0.25, 0.3) is 11.5 Å². The number of nitrogens with zero attached hydrogens (tertiary/aromatic N) is 1. The van der Waals surface area contributed by atoms with Crippen LogP contribution < -0.4 is 15.4 Å². The van der Waals surface area contributed by atoms with Crippen LogP contribution in [0.4, 0.5) is 0 Å². The second-order valence-corrected chi connectivity index (χ2v) is 5.26. The maximum atomic E-state index is 11.9. The van der Waals surface area contributed by atoms with Gasteiger partial charge in [-0.3, -0.25) is 9.59 Å². The molecular formula is C17H21N3O4. The van der Waals surface area contributed by atoms with Crippen molar-refractivity contribution in [3.05, 3.63) is 35.7 Å². The molecule has 0 unspecified atom stereocenters. The Kier molecular flexibility index (Phi) is 5.95. The Balaban J connectivity index is 1.95. The van der Waals surface area contributed by atoms with Crippen molar-refractivity contribution in [3.63, 3.8) is 0 Å². The van der Waals surface area contributed by atoms with Crippen LogP contribution in [0.3, 0.4) is 0 Å². The van der Waals surface area contributed by atoms with Crippen LogP contribution in [-0.2, 0) is 16.0 Å². The average Bonchev–Trinajstić information content (AvgIpc) is 2.92. The third-order valence-electron chi connectivity index (χ3n) is 3.38. The number of carbonyl (C=O) groups is 2. The Morgan fingerprint density at radius 1 is 1.17 bits per heavy atom. The van der Waals surface area contributed by atoms with Crippen LogP contribution in [0.2, 0.25) is 0 Å². The molecule has 2 amide bonds. The van der Waals surface area contributed by atoms with Gasteiger partial charge in [0.05, 0.1) is 19.2 Å². The predicted octanol–water partition coefficient (Wildman–Crippen LogP) is 1.45. The van der Waals surface area contributed by atoms with Crippen molar-refractivity contribution < 1.29 is 18.7 Å². The maximum Gasteiger partial charge on any atom is 0.226 e.